The minimum absolute atomic E-state index is 0.0539. The molecular weight excluding hydrogens is 332 g/mol. The lowest BCUT2D eigenvalue weighted by Gasteiger charge is -2.24. The molecule has 0 saturated carbocycles. The lowest BCUT2D eigenvalue weighted by Crippen LogP contribution is -2.19. The van der Waals surface area contributed by atoms with Crippen LogP contribution in [0.4, 0.5) is 0 Å². The van der Waals surface area contributed by atoms with E-state index in [1.807, 2.05) is 30.4 Å². The van der Waals surface area contributed by atoms with Crippen LogP contribution in [-0.2, 0) is 19.1 Å². The van der Waals surface area contributed by atoms with E-state index in [2.05, 4.69) is 0 Å². The van der Waals surface area contributed by atoms with E-state index in [1.165, 1.54) is 14.0 Å². The molecule has 130 valence electrons. The zero-order valence-electron chi connectivity index (χ0n) is 13.8. The van der Waals surface area contributed by atoms with Crippen molar-refractivity contribution in [1.29, 1.82) is 0 Å². The molecule has 0 N–H and O–H groups in total. The highest BCUT2D eigenvalue weighted by atomic mass is 32.2. The number of methoxy groups -OCH3 is 1. The maximum absolute atomic E-state index is 11.2. The first kappa shape index (κ1) is 18.2. The van der Waals surface area contributed by atoms with Crippen molar-refractivity contribution in [2.24, 2.45) is 5.92 Å². The molecule has 7 heteroatoms. The lowest BCUT2D eigenvalue weighted by atomic mass is 9.83. The first-order chi connectivity index (χ1) is 11.3. The van der Waals surface area contributed by atoms with Crippen LogP contribution >= 0.6 is 0 Å². The van der Waals surface area contributed by atoms with Crippen LogP contribution in [0.1, 0.15) is 18.4 Å². The van der Waals surface area contributed by atoms with Gasteiger partial charge in [0.1, 0.15) is 0 Å². The van der Waals surface area contributed by atoms with Gasteiger partial charge >= 0.3 is 5.97 Å². The Balaban J connectivity index is 2.25. The third-order valence-corrected chi connectivity index (χ3v) is 4.11. The van der Waals surface area contributed by atoms with Crippen LogP contribution < -0.4 is 9.47 Å². The largest absolute Gasteiger partial charge is 0.493 e. The number of carbonyl (C=O) groups is 1. The van der Waals surface area contributed by atoms with Gasteiger partial charge in [0.2, 0.25) is 0 Å². The molecule has 1 aromatic carbocycles. The maximum Gasteiger partial charge on any atom is 0.308 e. The summed E-state index contributed by atoms with van der Waals surface area (Å²) >= 11 is 0. The van der Waals surface area contributed by atoms with Gasteiger partial charge in [0.15, 0.2) is 11.5 Å². The minimum Gasteiger partial charge on any atom is -0.493 e. The van der Waals surface area contributed by atoms with Gasteiger partial charge in [-0.05, 0) is 17.7 Å². The van der Waals surface area contributed by atoms with Crippen LogP contribution in [0.2, 0.25) is 0 Å². The van der Waals surface area contributed by atoms with Crippen LogP contribution in [0.25, 0.3) is 0 Å². The van der Waals surface area contributed by atoms with Gasteiger partial charge in [-0.2, -0.15) is 8.42 Å². The molecule has 0 spiro atoms. The fraction of sp³-hybridized carbons (Fsp3) is 0.353. The second kappa shape index (κ2) is 7.63. The Labute approximate surface area is 141 Å². The second-order valence-electron chi connectivity index (χ2n) is 5.45. The molecule has 0 aliphatic heterocycles. The van der Waals surface area contributed by atoms with Gasteiger partial charge in [0, 0.05) is 18.8 Å². The lowest BCUT2D eigenvalue weighted by molar-refractivity contribution is -0.132. The second-order valence-corrected chi connectivity index (χ2v) is 7.10. The number of ether oxygens (including phenoxy) is 2. The molecule has 1 aliphatic rings. The Kier molecular flexibility index (Phi) is 5.80. The molecule has 0 amide bonds. The first-order valence-electron chi connectivity index (χ1n) is 7.36. The minimum atomic E-state index is -3.50. The Morgan fingerprint density at radius 3 is 2.50 bits per heavy atom. The van der Waals surface area contributed by atoms with Gasteiger partial charge in [-0.25, -0.2) is 0 Å². The Morgan fingerprint density at radius 1 is 1.17 bits per heavy atom. The van der Waals surface area contributed by atoms with E-state index in [4.69, 9.17) is 13.7 Å². The molecule has 2 rings (SSSR count). The van der Waals surface area contributed by atoms with Crippen LogP contribution in [0.5, 0.6) is 11.5 Å². The standard InChI is InChI=1S/C17H20O6S/c1-12(18)23-16-9-8-13(10-17(16)21-2)15-7-5-4-6-14(15)11-22-24(3,19)20/h4-10,14-15H,11H2,1-3H3/t14-,15-/m0/s1. The highest BCUT2D eigenvalue weighted by Crippen LogP contribution is 2.36. The number of benzene rings is 1. The van der Waals surface area contributed by atoms with E-state index in [0.717, 1.165) is 11.8 Å². The van der Waals surface area contributed by atoms with Gasteiger partial charge in [0.25, 0.3) is 10.1 Å². The molecule has 1 aliphatic carbocycles. The maximum atomic E-state index is 11.2. The monoisotopic (exact) mass is 352 g/mol. The molecule has 2 atom stereocenters. The van der Waals surface area contributed by atoms with Crippen molar-refractivity contribution in [3.05, 3.63) is 48.1 Å². The Bertz CT molecular complexity index is 763. The fourth-order valence-corrected chi connectivity index (χ4v) is 2.91. The molecule has 0 aromatic heterocycles. The van der Waals surface area contributed by atoms with Crippen molar-refractivity contribution >= 4 is 16.1 Å². The zero-order valence-corrected chi connectivity index (χ0v) is 14.6. The molecule has 0 fully saturated rings. The summed E-state index contributed by atoms with van der Waals surface area (Å²) in [6.45, 7) is 1.37. The van der Waals surface area contributed by atoms with Crippen molar-refractivity contribution in [2.75, 3.05) is 20.0 Å². The van der Waals surface area contributed by atoms with Gasteiger partial charge in [-0.3, -0.25) is 8.98 Å². The van der Waals surface area contributed by atoms with Crippen LogP contribution in [-0.4, -0.2) is 34.4 Å². The highest BCUT2D eigenvalue weighted by Gasteiger charge is 2.23. The molecule has 0 heterocycles. The number of esters is 1. The topological polar surface area (TPSA) is 78.9 Å². The van der Waals surface area contributed by atoms with Gasteiger partial charge in [-0.15, -0.1) is 0 Å². The highest BCUT2D eigenvalue weighted by molar-refractivity contribution is 7.85. The predicted molar refractivity (Wildman–Crippen MR) is 89.6 cm³/mol. The van der Waals surface area contributed by atoms with Gasteiger partial charge < -0.3 is 9.47 Å². The number of hydrogen-bond donors (Lipinski definition) is 0. The normalized spacial score (nSPS) is 20.0. The first-order valence-corrected chi connectivity index (χ1v) is 9.17. The van der Waals surface area contributed by atoms with E-state index in [-0.39, 0.29) is 18.4 Å². The molecule has 0 radical (unpaired) electrons. The number of carbonyl (C=O) groups excluding carboxylic acids is 1. The smallest absolute Gasteiger partial charge is 0.308 e. The summed E-state index contributed by atoms with van der Waals surface area (Å²) in [5.74, 6) is 0.147. The summed E-state index contributed by atoms with van der Waals surface area (Å²) in [6, 6.07) is 5.26. The van der Waals surface area contributed by atoms with E-state index < -0.39 is 16.1 Å². The van der Waals surface area contributed by atoms with Gasteiger partial charge in [-0.1, -0.05) is 30.4 Å². The molecule has 0 saturated heterocycles. The average Bonchev–Trinajstić information content (AvgIpc) is 2.52. The van der Waals surface area contributed by atoms with Crippen LogP contribution in [0.3, 0.4) is 0 Å². The molecule has 0 bridgehead atoms. The summed E-state index contributed by atoms with van der Waals surface area (Å²) in [5, 5.41) is 0. The molecule has 24 heavy (non-hydrogen) atoms. The van der Waals surface area contributed by atoms with Crippen molar-refractivity contribution in [3.63, 3.8) is 0 Å². The quantitative estimate of drug-likeness (QED) is 0.444. The van der Waals surface area contributed by atoms with E-state index in [0.29, 0.717) is 11.5 Å². The number of allylic oxidation sites excluding steroid dienone is 3. The summed E-state index contributed by atoms with van der Waals surface area (Å²) in [4.78, 5) is 11.1. The van der Waals surface area contributed by atoms with E-state index in [9.17, 15) is 13.2 Å². The van der Waals surface area contributed by atoms with Gasteiger partial charge in [0.05, 0.1) is 20.0 Å². The third-order valence-electron chi connectivity index (χ3n) is 3.55. The molecular formula is C17H20O6S. The Morgan fingerprint density at radius 2 is 1.88 bits per heavy atom. The zero-order chi connectivity index (χ0) is 17.7. The number of hydrogen-bond acceptors (Lipinski definition) is 6. The third kappa shape index (κ3) is 4.94. The fourth-order valence-electron chi connectivity index (χ4n) is 2.50. The van der Waals surface area contributed by atoms with E-state index >= 15 is 0 Å². The predicted octanol–water partition coefficient (Wildman–Crippen LogP) is 2.42. The Hall–Kier alpha value is -2.12. The molecule has 6 nitrogen and oxygen atoms in total. The van der Waals surface area contributed by atoms with Crippen LogP contribution in [0.15, 0.2) is 42.5 Å². The van der Waals surface area contributed by atoms with Crippen molar-refractivity contribution in [1.82, 2.24) is 0 Å². The summed E-state index contributed by atoms with van der Waals surface area (Å²) in [5.41, 5.74) is 0.908. The summed E-state index contributed by atoms with van der Waals surface area (Å²) in [6.07, 6.45) is 8.66. The molecule has 0 unspecified atom stereocenters. The summed E-state index contributed by atoms with van der Waals surface area (Å²) < 4.78 is 37.8. The van der Waals surface area contributed by atoms with E-state index in [1.54, 1.807) is 12.1 Å². The van der Waals surface area contributed by atoms with Crippen molar-refractivity contribution < 1.29 is 26.9 Å². The SMILES string of the molecule is COc1cc([C@@H]2C=CC=C[C@H]2COS(C)(=O)=O)ccc1OC(C)=O. The molecule has 1 aromatic rings. The van der Waals surface area contributed by atoms with Crippen molar-refractivity contribution in [3.8, 4) is 11.5 Å². The number of rotatable bonds is 6. The van der Waals surface area contributed by atoms with Crippen LogP contribution in [0, 0.1) is 5.92 Å². The van der Waals surface area contributed by atoms with Crippen molar-refractivity contribution in [2.45, 2.75) is 12.8 Å². The average molecular weight is 352 g/mol. The summed E-state index contributed by atoms with van der Waals surface area (Å²) in [7, 11) is -2.01.